The van der Waals surface area contributed by atoms with Crippen molar-refractivity contribution in [3.63, 3.8) is 0 Å². The van der Waals surface area contributed by atoms with E-state index < -0.39 is 23.5 Å². The van der Waals surface area contributed by atoms with E-state index in [-0.39, 0.29) is 11.5 Å². The molecule has 2 rings (SSSR count). The predicted molar refractivity (Wildman–Crippen MR) is 56.8 cm³/mol. The number of ether oxygens (including phenoxy) is 1. The van der Waals surface area contributed by atoms with Gasteiger partial charge in [0, 0.05) is 24.1 Å². The minimum Gasteiger partial charge on any atom is -0.381 e. The molecular formula is C12H14F3NO. The van der Waals surface area contributed by atoms with Crippen LogP contribution in [-0.2, 0) is 4.74 Å². The van der Waals surface area contributed by atoms with Gasteiger partial charge in [0.2, 0.25) is 0 Å². The summed E-state index contributed by atoms with van der Waals surface area (Å²) in [4.78, 5) is 0. The molecule has 2 atom stereocenters. The number of hydrogen-bond acceptors (Lipinski definition) is 2. The van der Waals surface area contributed by atoms with Gasteiger partial charge in [0.25, 0.3) is 0 Å². The molecule has 5 heteroatoms. The van der Waals surface area contributed by atoms with Crippen molar-refractivity contribution in [1.82, 2.24) is 0 Å². The Bertz CT molecular complexity index is 405. The Morgan fingerprint density at radius 3 is 2.65 bits per heavy atom. The molecule has 0 aromatic heterocycles. The maximum atomic E-state index is 13.5. The van der Waals surface area contributed by atoms with Crippen LogP contribution in [0.3, 0.4) is 0 Å². The lowest BCUT2D eigenvalue weighted by Gasteiger charge is -2.28. The second kappa shape index (κ2) is 5.06. The molecule has 0 spiro atoms. The molecule has 0 bridgehead atoms. The van der Waals surface area contributed by atoms with Crippen molar-refractivity contribution in [2.45, 2.75) is 18.9 Å². The summed E-state index contributed by atoms with van der Waals surface area (Å²) in [6.07, 6.45) is 1.66. The molecule has 1 fully saturated rings. The molecule has 1 aromatic rings. The van der Waals surface area contributed by atoms with Gasteiger partial charge < -0.3 is 10.5 Å². The Hall–Kier alpha value is -1.07. The highest BCUT2D eigenvalue weighted by Gasteiger charge is 2.26. The Morgan fingerprint density at radius 1 is 1.24 bits per heavy atom. The molecule has 0 saturated carbocycles. The Labute approximate surface area is 97.6 Å². The molecule has 0 aliphatic carbocycles. The van der Waals surface area contributed by atoms with Crippen molar-refractivity contribution in [3.8, 4) is 0 Å². The molecule has 0 amide bonds. The van der Waals surface area contributed by atoms with Crippen LogP contribution < -0.4 is 5.73 Å². The largest absolute Gasteiger partial charge is 0.381 e. The van der Waals surface area contributed by atoms with Crippen molar-refractivity contribution < 1.29 is 17.9 Å². The first-order chi connectivity index (χ1) is 8.11. The van der Waals surface area contributed by atoms with E-state index in [1.54, 1.807) is 0 Å². The Kier molecular flexibility index (Phi) is 3.69. The molecule has 1 saturated heterocycles. The first-order valence-corrected chi connectivity index (χ1v) is 5.58. The van der Waals surface area contributed by atoms with Crippen LogP contribution in [0, 0.1) is 23.4 Å². The highest BCUT2D eigenvalue weighted by Crippen LogP contribution is 2.29. The zero-order chi connectivity index (χ0) is 12.4. The summed E-state index contributed by atoms with van der Waals surface area (Å²) < 4.78 is 44.6. The molecule has 2 nitrogen and oxygen atoms in total. The van der Waals surface area contributed by atoms with E-state index in [2.05, 4.69) is 0 Å². The zero-order valence-corrected chi connectivity index (χ0v) is 9.26. The molecular weight excluding hydrogens is 231 g/mol. The minimum atomic E-state index is -1.46. The fraction of sp³-hybridized carbons (Fsp3) is 0.500. The third kappa shape index (κ3) is 2.45. The summed E-state index contributed by atoms with van der Waals surface area (Å²) in [7, 11) is 0. The molecule has 2 N–H and O–H groups in total. The Balaban J connectivity index is 2.24. The molecule has 1 heterocycles. The van der Waals surface area contributed by atoms with E-state index in [4.69, 9.17) is 10.5 Å². The van der Waals surface area contributed by atoms with Crippen LogP contribution in [-0.4, -0.2) is 13.2 Å². The average molecular weight is 245 g/mol. The van der Waals surface area contributed by atoms with E-state index in [0.29, 0.717) is 13.2 Å². The van der Waals surface area contributed by atoms with Crippen molar-refractivity contribution in [1.29, 1.82) is 0 Å². The van der Waals surface area contributed by atoms with Crippen molar-refractivity contribution >= 4 is 0 Å². The van der Waals surface area contributed by atoms with Gasteiger partial charge in [-0.05, 0) is 18.9 Å². The van der Waals surface area contributed by atoms with E-state index in [1.165, 1.54) is 6.07 Å². The third-order valence-electron chi connectivity index (χ3n) is 3.13. The normalized spacial score (nSPS) is 22.5. The molecule has 1 aliphatic heterocycles. The first kappa shape index (κ1) is 12.4. The van der Waals surface area contributed by atoms with E-state index in [0.717, 1.165) is 18.9 Å². The standard InChI is InChI=1S/C12H14F3NO/c13-9-4-3-8(10(14)11(9)15)12(16)7-2-1-5-17-6-7/h3-4,7,12H,1-2,5-6,16H2. The van der Waals surface area contributed by atoms with Crippen LogP contribution in [0.25, 0.3) is 0 Å². The van der Waals surface area contributed by atoms with Crippen molar-refractivity contribution in [3.05, 3.63) is 35.1 Å². The van der Waals surface area contributed by atoms with Gasteiger partial charge in [0.1, 0.15) is 0 Å². The first-order valence-electron chi connectivity index (χ1n) is 5.58. The number of hydrogen-bond donors (Lipinski definition) is 1. The summed E-state index contributed by atoms with van der Waals surface area (Å²) in [6.45, 7) is 1.10. The fourth-order valence-corrected chi connectivity index (χ4v) is 2.10. The van der Waals surface area contributed by atoms with Gasteiger partial charge in [0.05, 0.1) is 6.61 Å². The van der Waals surface area contributed by atoms with Crippen LogP contribution in [0.5, 0.6) is 0 Å². The summed E-state index contributed by atoms with van der Waals surface area (Å²) >= 11 is 0. The number of halogens is 3. The average Bonchev–Trinajstić information content (AvgIpc) is 2.36. The van der Waals surface area contributed by atoms with Gasteiger partial charge in [0.15, 0.2) is 17.5 Å². The number of rotatable bonds is 2. The second-order valence-electron chi connectivity index (χ2n) is 4.27. The number of nitrogens with two attached hydrogens (primary N) is 1. The molecule has 1 aliphatic rings. The topological polar surface area (TPSA) is 35.2 Å². The predicted octanol–water partition coefficient (Wildman–Crippen LogP) is 2.53. The van der Waals surface area contributed by atoms with Gasteiger partial charge in [-0.15, -0.1) is 0 Å². The third-order valence-corrected chi connectivity index (χ3v) is 3.13. The smallest absolute Gasteiger partial charge is 0.194 e. The van der Waals surface area contributed by atoms with Crippen LogP contribution in [0.15, 0.2) is 12.1 Å². The summed E-state index contributed by atoms with van der Waals surface area (Å²) in [5.41, 5.74) is 5.89. The molecule has 2 unspecified atom stereocenters. The Morgan fingerprint density at radius 2 is 2.00 bits per heavy atom. The maximum Gasteiger partial charge on any atom is 0.194 e. The second-order valence-corrected chi connectivity index (χ2v) is 4.27. The SMILES string of the molecule is NC(c1ccc(F)c(F)c1F)C1CCCOC1. The van der Waals surface area contributed by atoms with Crippen LogP contribution in [0.4, 0.5) is 13.2 Å². The highest BCUT2D eigenvalue weighted by molar-refractivity contribution is 5.24. The van der Waals surface area contributed by atoms with Gasteiger partial charge in [-0.1, -0.05) is 6.07 Å². The zero-order valence-electron chi connectivity index (χ0n) is 9.26. The van der Waals surface area contributed by atoms with E-state index in [9.17, 15) is 13.2 Å². The molecule has 1 aromatic carbocycles. The molecule has 17 heavy (non-hydrogen) atoms. The van der Waals surface area contributed by atoms with E-state index in [1.807, 2.05) is 0 Å². The minimum absolute atomic E-state index is 0.0133. The van der Waals surface area contributed by atoms with Gasteiger partial charge in [-0.2, -0.15) is 0 Å². The lowest BCUT2D eigenvalue weighted by molar-refractivity contribution is 0.0442. The van der Waals surface area contributed by atoms with Gasteiger partial charge in [-0.3, -0.25) is 0 Å². The monoisotopic (exact) mass is 245 g/mol. The van der Waals surface area contributed by atoms with Gasteiger partial charge in [-0.25, -0.2) is 13.2 Å². The van der Waals surface area contributed by atoms with E-state index >= 15 is 0 Å². The van der Waals surface area contributed by atoms with Crippen LogP contribution in [0.2, 0.25) is 0 Å². The summed E-state index contributed by atoms with van der Waals surface area (Å²) in [5.74, 6) is -3.90. The summed E-state index contributed by atoms with van der Waals surface area (Å²) in [5, 5.41) is 0. The summed E-state index contributed by atoms with van der Waals surface area (Å²) in [6, 6.07) is 1.44. The van der Waals surface area contributed by atoms with Crippen molar-refractivity contribution in [2.24, 2.45) is 11.7 Å². The lowest BCUT2D eigenvalue weighted by atomic mass is 9.89. The molecule has 0 radical (unpaired) electrons. The van der Waals surface area contributed by atoms with Crippen LogP contribution in [0.1, 0.15) is 24.4 Å². The van der Waals surface area contributed by atoms with Gasteiger partial charge >= 0.3 is 0 Å². The van der Waals surface area contributed by atoms with Crippen LogP contribution >= 0.6 is 0 Å². The lowest BCUT2D eigenvalue weighted by Crippen LogP contribution is -2.30. The maximum absolute atomic E-state index is 13.5. The number of benzene rings is 1. The molecule has 94 valence electrons. The van der Waals surface area contributed by atoms with Crippen molar-refractivity contribution in [2.75, 3.05) is 13.2 Å². The highest BCUT2D eigenvalue weighted by atomic mass is 19.2. The fourth-order valence-electron chi connectivity index (χ4n) is 2.10. The quantitative estimate of drug-likeness (QED) is 0.812.